The second kappa shape index (κ2) is 7.85. The highest BCUT2D eigenvalue weighted by atomic mass is 32.1. The molecule has 1 amide bonds. The van der Waals surface area contributed by atoms with Gasteiger partial charge in [0.25, 0.3) is 5.91 Å². The minimum atomic E-state index is -0.285. The van der Waals surface area contributed by atoms with Crippen LogP contribution in [-0.4, -0.2) is 27.5 Å². The summed E-state index contributed by atoms with van der Waals surface area (Å²) in [6, 6.07) is 12.0. The molecule has 1 atom stereocenters. The zero-order valence-electron chi connectivity index (χ0n) is 14.5. The molecule has 7 nitrogen and oxygen atoms in total. The van der Waals surface area contributed by atoms with E-state index in [2.05, 4.69) is 10.4 Å². The van der Waals surface area contributed by atoms with Gasteiger partial charge in [0.05, 0.1) is 16.8 Å². The summed E-state index contributed by atoms with van der Waals surface area (Å²) in [5.74, 6) is -0.00908. The Bertz CT molecular complexity index is 1000. The Morgan fingerprint density at radius 2 is 2.07 bits per heavy atom. The minimum Gasteiger partial charge on any atom is -0.382 e. The molecule has 136 valence electrons. The quantitative estimate of drug-likeness (QED) is 0.639. The summed E-state index contributed by atoms with van der Waals surface area (Å²) >= 11 is 1.39. The van der Waals surface area contributed by atoms with Crippen molar-refractivity contribution in [2.45, 2.75) is 19.4 Å². The Balaban J connectivity index is 1.64. The number of carbonyl (C=O) groups is 2. The predicted octanol–water partition coefficient (Wildman–Crippen LogP) is 2.78. The lowest BCUT2D eigenvalue weighted by molar-refractivity contribution is 0.0919. The van der Waals surface area contributed by atoms with Gasteiger partial charge >= 0.3 is 0 Å². The van der Waals surface area contributed by atoms with Crippen LogP contribution in [0.1, 0.15) is 38.9 Å². The number of nitrogen functional groups attached to an aromatic ring is 1. The molecule has 27 heavy (non-hydrogen) atoms. The Hall–Kier alpha value is -3.44. The molecule has 1 aromatic carbocycles. The van der Waals surface area contributed by atoms with Gasteiger partial charge < -0.3 is 11.1 Å². The van der Waals surface area contributed by atoms with E-state index in [1.165, 1.54) is 22.2 Å². The van der Waals surface area contributed by atoms with Gasteiger partial charge in [-0.25, -0.2) is 4.68 Å². The Morgan fingerprint density at radius 3 is 2.67 bits per heavy atom. The molecule has 0 bridgehead atoms. The van der Waals surface area contributed by atoms with Crippen molar-refractivity contribution in [3.8, 4) is 11.8 Å². The lowest BCUT2D eigenvalue weighted by Crippen LogP contribution is -2.34. The number of rotatable bonds is 6. The third kappa shape index (κ3) is 4.04. The Kier molecular flexibility index (Phi) is 5.33. The van der Waals surface area contributed by atoms with E-state index in [-0.39, 0.29) is 30.0 Å². The number of benzene rings is 1. The van der Waals surface area contributed by atoms with Crippen LogP contribution in [-0.2, 0) is 0 Å². The fourth-order valence-corrected chi connectivity index (χ4v) is 3.25. The van der Waals surface area contributed by atoms with E-state index in [1.807, 2.05) is 17.5 Å². The van der Waals surface area contributed by atoms with Gasteiger partial charge in [-0.1, -0.05) is 6.07 Å². The molecule has 8 heteroatoms. The smallest absolute Gasteiger partial charge is 0.251 e. The molecule has 0 radical (unpaired) electrons. The standard InChI is InChI=1S/C19H17N5O2S/c1-12(9-16(25)17-3-2-8-27-17)23-19(26)13-4-6-15(7-5-13)24-18(21)14(10-20)11-22-24/h2-8,11-12H,9,21H2,1H3,(H,23,26)/t12-/m0/s1. The number of aromatic nitrogens is 2. The number of Topliss-reactive ketones (excluding diaryl/α,β-unsaturated/α-hetero) is 1. The summed E-state index contributed by atoms with van der Waals surface area (Å²) < 4.78 is 1.43. The number of ketones is 1. The maximum absolute atomic E-state index is 12.4. The van der Waals surface area contributed by atoms with Crippen LogP contribution < -0.4 is 11.1 Å². The second-order valence-electron chi connectivity index (χ2n) is 5.99. The zero-order valence-corrected chi connectivity index (χ0v) is 15.4. The maximum Gasteiger partial charge on any atom is 0.251 e. The summed E-state index contributed by atoms with van der Waals surface area (Å²) in [5, 5.41) is 17.7. The fraction of sp³-hybridized carbons (Fsp3) is 0.158. The summed E-state index contributed by atoms with van der Waals surface area (Å²) in [4.78, 5) is 25.2. The molecular formula is C19H17N5O2S. The number of nitrogens with zero attached hydrogens (tertiary/aromatic N) is 3. The molecule has 0 aliphatic rings. The normalized spacial score (nSPS) is 11.6. The van der Waals surface area contributed by atoms with Crippen LogP contribution in [0, 0.1) is 11.3 Å². The first-order valence-electron chi connectivity index (χ1n) is 8.21. The number of anilines is 1. The number of nitrogens with one attached hydrogen (secondary N) is 1. The van der Waals surface area contributed by atoms with Crippen molar-refractivity contribution in [2.75, 3.05) is 5.73 Å². The molecule has 2 heterocycles. The molecule has 2 aromatic heterocycles. The van der Waals surface area contributed by atoms with Gasteiger partial charge in [-0.3, -0.25) is 9.59 Å². The number of nitrogens with two attached hydrogens (primary N) is 1. The average molecular weight is 379 g/mol. The third-order valence-corrected chi connectivity index (χ3v) is 4.88. The predicted molar refractivity (Wildman–Crippen MR) is 103 cm³/mol. The number of amides is 1. The van der Waals surface area contributed by atoms with E-state index >= 15 is 0 Å². The SMILES string of the molecule is C[C@@H](CC(=O)c1cccs1)NC(=O)c1ccc(-n2ncc(C#N)c2N)cc1. The van der Waals surface area contributed by atoms with Crippen molar-refractivity contribution in [3.05, 3.63) is 64.0 Å². The topological polar surface area (TPSA) is 114 Å². The highest BCUT2D eigenvalue weighted by Crippen LogP contribution is 2.17. The number of thiophene rings is 1. The van der Waals surface area contributed by atoms with Crippen LogP contribution in [0.25, 0.3) is 5.69 Å². The Labute approximate surface area is 160 Å². The monoisotopic (exact) mass is 379 g/mol. The van der Waals surface area contributed by atoms with Crippen LogP contribution in [0.3, 0.4) is 0 Å². The molecule has 0 saturated carbocycles. The zero-order chi connectivity index (χ0) is 19.4. The van der Waals surface area contributed by atoms with E-state index in [0.717, 1.165) is 0 Å². The lowest BCUT2D eigenvalue weighted by atomic mass is 10.1. The number of carbonyl (C=O) groups excluding carboxylic acids is 2. The van der Waals surface area contributed by atoms with Crippen molar-refractivity contribution in [2.24, 2.45) is 0 Å². The highest BCUT2D eigenvalue weighted by Gasteiger charge is 2.16. The summed E-state index contributed by atoms with van der Waals surface area (Å²) in [7, 11) is 0. The molecule has 0 fully saturated rings. The first-order valence-corrected chi connectivity index (χ1v) is 9.09. The van der Waals surface area contributed by atoms with Gasteiger partial charge in [-0.2, -0.15) is 10.4 Å². The minimum absolute atomic E-state index is 0.00982. The first kappa shape index (κ1) is 18.4. The van der Waals surface area contributed by atoms with E-state index in [4.69, 9.17) is 11.0 Å². The van der Waals surface area contributed by atoms with Gasteiger partial charge in [0.1, 0.15) is 17.5 Å². The molecule has 0 unspecified atom stereocenters. The molecule has 0 aliphatic carbocycles. The third-order valence-electron chi connectivity index (χ3n) is 3.97. The van der Waals surface area contributed by atoms with Crippen LogP contribution in [0.15, 0.2) is 48.0 Å². The molecule has 3 aromatic rings. The van der Waals surface area contributed by atoms with Crippen molar-refractivity contribution >= 4 is 28.8 Å². The van der Waals surface area contributed by atoms with E-state index in [9.17, 15) is 9.59 Å². The molecule has 0 spiro atoms. The van der Waals surface area contributed by atoms with Gasteiger partial charge in [-0.05, 0) is 42.6 Å². The van der Waals surface area contributed by atoms with Crippen molar-refractivity contribution in [1.82, 2.24) is 15.1 Å². The fourth-order valence-electron chi connectivity index (χ4n) is 2.58. The largest absolute Gasteiger partial charge is 0.382 e. The van der Waals surface area contributed by atoms with Crippen molar-refractivity contribution in [1.29, 1.82) is 5.26 Å². The van der Waals surface area contributed by atoms with Gasteiger partial charge in [0.15, 0.2) is 5.78 Å². The average Bonchev–Trinajstić information content (AvgIpc) is 3.31. The second-order valence-corrected chi connectivity index (χ2v) is 6.94. The van der Waals surface area contributed by atoms with E-state index in [1.54, 1.807) is 37.3 Å². The van der Waals surface area contributed by atoms with Gasteiger partial charge in [0, 0.05) is 18.0 Å². The lowest BCUT2D eigenvalue weighted by Gasteiger charge is -2.13. The maximum atomic E-state index is 12.4. The Morgan fingerprint density at radius 1 is 1.33 bits per heavy atom. The number of nitriles is 1. The summed E-state index contributed by atoms with van der Waals surface area (Å²) in [6.07, 6.45) is 1.63. The number of hydrogen-bond donors (Lipinski definition) is 2. The number of hydrogen-bond acceptors (Lipinski definition) is 6. The molecule has 0 aliphatic heterocycles. The highest BCUT2D eigenvalue weighted by molar-refractivity contribution is 7.12. The van der Waals surface area contributed by atoms with Crippen molar-refractivity contribution in [3.63, 3.8) is 0 Å². The molecular weight excluding hydrogens is 362 g/mol. The summed E-state index contributed by atoms with van der Waals surface area (Å²) in [5.41, 5.74) is 7.26. The van der Waals surface area contributed by atoms with Crippen LogP contribution >= 0.6 is 11.3 Å². The van der Waals surface area contributed by atoms with E-state index < -0.39 is 0 Å². The van der Waals surface area contributed by atoms with Crippen LogP contribution in [0.2, 0.25) is 0 Å². The van der Waals surface area contributed by atoms with Crippen LogP contribution in [0.5, 0.6) is 0 Å². The molecule has 0 saturated heterocycles. The summed E-state index contributed by atoms with van der Waals surface area (Å²) in [6.45, 7) is 1.80. The molecule has 3 N–H and O–H groups in total. The van der Waals surface area contributed by atoms with Gasteiger partial charge in [-0.15, -0.1) is 11.3 Å². The first-order chi connectivity index (χ1) is 13.0. The van der Waals surface area contributed by atoms with Crippen LogP contribution in [0.4, 0.5) is 5.82 Å². The van der Waals surface area contributed by atoms with E-state index in [0.29, 0.717) is 21.7 Å². The van der Waals surface area contributed by atoms with Crippen molar-refractivity contribution < 1.29 is 9.59 Å². The van der Waals surface area contributed by atoms with Gasteiger partial charge in [0.2, 0.25) is 0 Å². The molecule has 3 rings (SSSR count).